The lowest BCUT2D eigenvalue weighted by Gasteiger charge is -2.33. The lowest BCUT2D eigenvalue weighted by atomic mass is 9.99. The second-order valence-electron chi connectivity index (χ2n) is 7.92. The van der Waals surface area contributed by atoms with Crippen LogP contribution in [0.4, 0.5) is 13.2 Å². The van der Waals surface area contributed by atoms with E-state index in [4.69, 9.17) is 14.6 Å². The molecule has 1 N–H and O–H groups in total. The van der Waals surface area contributed by atoms with E-state index in [9.17, 15) is 18.0 Å². The molecule has 0 aromatic rings. The van der Waals surface area contributed by atoms with Crippen molar-refractivity contribution in [3.63, 3.8) is 0 Å². The maximum atomic E-state index is 12.6. The molecule has 3 rings (SSSR count). The molecular weight excluding hydrogens is 365 g/mol. The second kappa shape index (κ2) is 9.23. The van der Waals surface area contributed by atoms with Crippen LogP contribution in [0.15, 0.2) is 0 Å². The van der Waals surface area contributed by atoms with Crippen molar-refractivity contribution in [2.75, 3.05) is 32.7 Å². The molecule has 0 radical (unpaired) electrons. The molecule has 3 saturated heterocycles. The van der Waals surface area contributed by atoms with Crippen molar-refractivity contribution in [1.82, 2.24) is 9.80 Å². The Morgan fingerprint density at radius 1 is 1.19 bits per heavy atom. The zero-order valence-electron chi connectivity index (χ0n) is 15.9. The number of ether oxygens (including phenoxy) is 1. The zero-order valence-corrected chi connectivity index (χ0v) is 15.9. The minimum absolute atomic E-state index is 0.127. The molecule has 9 heteroatoms. The standard InChI is InChI=1S/C16H28N2O2.C2HF3O2/c1-12(2)5-8-17-10-13-9-14(15(11-17)20-13)16(19)18-6-3-4-7-18;3-2(4,5)1(6)7/h12-15H,3-11H2,1-2H3;(H,6,7)/t13-,14+,15-;/m1./s1. The molecule has 0 unspecified atom stereocenters. The molecule has 3 fully saturated rings. The third-order valence-corrected chi connectivity index (χ3v) is 5.23. The molecular formula is C18H29F3N2O4. The van der Waals surface area contributed by atoms with Crippen LogP contribution < -0.4 is 0 Å². The maximum Gasteiger partial charge on any atom is 0.490 e. The maximum absolute atomic E-state index is 12.6. The van der Waals surface area contributed by atoms with Gasteiger partial charge in [0.1, 0.15) is 0 Å². The van der Waals surface area contributed by atoms with Gasteiger partial charge in [0.15, 0.2) is 0 Å². The number of hydrogen-bond donors (Lipinski definition) is 1. The molecule has 0 saturated carbocycles. The minimum Gasteiger partial charge on any atom is -0.475 e. The van der Waals surface area contributed by atoms with Gasteiger partial charge in [0.25, 0.3) is 0 Å². The second-order valence-corrected chi connectivity index (χ2v) is 7.92. The third-order valence-electron chi connectivity index (χ3n) is 5.23. The summed E-state index contributed by atoms with van der Waals surface area (Å²) in [5.41, 5.74) is 0. The highest BCUT2D eigenvalue weighted by atomic mass is 19.4. The summed E-state index contributed by atoms with van der Waals surface area (Å²) in [5, 5.41) is 7.12. The summed E-state index contributed by atoms with van der Waals surface area (Å²) in [5.74, 6) is -1.52. The quantitative estimate of drug-likeness (QED) is 0.793. The predicted octanol–water partition coefficient (Wildman–Crippen LogP) is 2.38. The Labute approximate surface area is 157 Å². The van der Waals surface area contributed by atoms with Crippen LogP contribution in [0, 0.1) is 11.8 Å². The highest BCUT2D eigenvalue weighted by Crippen LogP contribution is 2.34. The summed E-state index contributed by atoms with van der Waals surface area (Å²) in [6.07, 6.45) is -0.115. The Balaban J connectivity index is 0.000000321. The summed E-state index contributed by atoms with van der Waals surface area (Å²) in [6.45, 7) is 9.59. The molecule has 0 aromatic carbocycles. The molecule has 1 amide bonds. The Kier molecular flexibility index (Phi) is 7.50. The number of morpholine rings is 1. The first-order chi connectivity index (χ1) is 12.6. The van der Waals surface area contributed by atoms with Gasteiger partial charge in [-0.3, -0.25) is 9.69 Å². The van der Waals surface area contributed by atoms with E-state index in [0.29, 0.717) is 5.91 Å². The van der Waals surface area contributed by atoms with Crippen molar-refractivity contribution >= 4 is 11.9 Å². The molecule has 0 aliphatic carbocycles. The molecule has 3 heterocycles. The van der Waals surface area contributed by atoms with Gasteiger partial charge >= 0.3 is 12.1 Å². The molecule has 156 valence electrons. The van der Waals surface area contributed by atoms with Gasteiger partial charge in [-0.25, -0.2) is 4.79 Å². The van der Waals surface area contributed by atoms with Crippen molar-refractivity contribution in [2.45, 2.75) is 57.9 Å². The van der Waals surface area contributed by atoms with Gasteiger partial charge < -0.3 is 14.7 Å². The molecule has 0 aromatic heterocycles. The zero-order chi connectivity index (χ0) is 20.2. The van der Waals surface area contributed by atoms with Gasteiger partial charge in [-0.1, -0.05) is 13.8 Å². The van der Waals surface area contributed by atoms with E-state index in [0.717, 1.165) is 45.1 Å². The number of halogens is 3. The van der Waals surface area contributed by atoms with Crippen LogP contribution in [0.3, 0.4) is 0 Å². The van der Waals surface area contributed by atoms with Crippen molar-refractivity contribution in [1.29, 1.82) is 0 Å². The molecule has 3 aliphatic heterocycles. The lowest BCUT2D eigenvalue weighted by Crippen LogP contribution is -2.46. The fourth-order valence-electron chi connectivity index (χ4n) is 3.79. The number of aliphatic carboxylic acids is 1. The molecule has 3 aliphatic rings. The average molecular weight is 394 g/mol. The molecule has 6 nitrogen and oxygen atoms in total. The number of carboxylic acids is 1. The Hall–Kier alpha value is -1.35. The van der Waals surface area contributed by atoms with Gasteiger partial charge in [-0.15, -0.1) is 0 Å². The van der Waals surface area contributed by atoms with Gasteiger partial charge in [0.2, 0.25) is 5.91 Å². The highest BCUT2D eigenvalue weighted by molar-refractivity contribution is 5.80. The largest absolute Gasteiger partial charge is 0.490 e. The summed E-state index contributed by atoms with van der Waals surface area (Å²) in [6, 6.07) is 0. The fraction of sp³-hybridized carbons (Fsp3) is 0.889. The van der Waals surface area contributed by atoms with E-state index in [2.05, 4.69) is 23.6 Å². The summed E-state index contributed by atoms with van der Waals surface area (Å²) < 4.78 is 37.8. The van der Waals surface area contributed by atoms with E-state index in [1.165, 1.54) is 19.3 Å². The molecule has 2 bridgehead atoms. The van der Waals surface area contributed by atoms with Crippen LogP contribution in [-0.4, -0.2) is 77.9 Å². The number of carbonyl (C=O) groups is 2. The Bertz CT molecular complexity index is 521. The summed E-state index contributed by atoms with van der Waals surface area (Å²) >= 11 is 0. The number of likely N-dealkylation sites (tertiary alicyclic amines) is 2. The summed E-state index contributed by atoms with van der Waals surface area (Å²) in [7, 11) is 0. The number of alkyl halides is 3. The van der Waals surface area contributed by atoms with Crippen molar-refractivity contribution in [2.24, 2.45) is 11.8 Å². The van der Waals surface area contributed by atoms with E-state index in [1.807, 2.05) is 0 Å². The van der Waals surface area contributed by atoms with Crippen molar-refractivity contribution < 1.29 is 32.6 Å². The van der Waals surface area contributed by atoms with Gasteiger partial charge in [-0.05, 0) is 38.1 Å². The number of carbonyl (C=O) groups excluding carboxylic acids is 1. The Morgan fingerprint density at radius 2 is 1.78 bits per heavy atom. The van der Waals surface area contributed by atoms with Crippen molar-refractivity contribution in [3.8, 4) is 0 Å². The number of rotatable bonds is 4. The number of carboxylic acid groups (broad SMARTS) is 1. The SMILES string of the molecule is CC(C)CCN1C[C@H]2C[C@H](C(=O)N3CCCC3)[C@@H](C1)O2.O=C(O)C(F)(F)F. The fourth-order valence-corrected chi connectivity index (χ4v) is 3.79. The highest BCUT2D eigenvalue weighted by Gasteiger charge is 2.45. The molecule has 0 spiro atoms. The monoisotopic (exact) mass is 394 g/mol. The molecule has 3 atom stereocenters. The van der Waals surface area contributed by atoms with Crippen LogP contribution in [0.5, 0.6) is 0 Å². The third kappa shape index (κ3) is 6.34. The van der Waals surface area contributed by atoms with Gasteiger partial charge in [-0.2, -0.15) is 13.2 Å². The average Bonchev–Trinajstić information content (AvgIpc) is 3.20. The number of hydrogen-bond acceptors (Lipinski definition) is 4. The van der Waals surface area contributed by atoms with E-state index < -0.39 is 12.1 Å². The Morgan fingerprint density at radius 3 is 2.30 bits per heavy atom. The van der Waals surface area contributed by atoms with Crippen LogP contribution in [0.2, 0.25) is 0 Å². The van der Waals surface area contributed by atoms with Gasteiger partial charge in [0, 0.05) is 26.2 Å². The van der Waals surface area contributed by atoms with Crippen LogP contribution in [0.1, 0.15) is 39.5 Å². The number of amides is 1. The summed E-state index contributed by atoms with van der Waals surface area (Å²) in [4.78, 5) is 26.1. The van der Waals surface area contributed by atoms with Crippen LogP contribution in [-0.2, 0) is 14.3 Å². The number of nitrogens with zero attached hydrogens (tertiary/aromatic N) is 2. The van der Waals surface area contributed by atoms with Crippen molar-refractivity contribution in [3.05, 3.63) is 0 Å². The van der Waals surface area contributed by atoms with E-state index >= 15 is 0 Å². The van der Waals surface area contributed by atoms with Crippen LogP contribution in [0.25, 0.3) is 0 Å². The predicted molar refractivity (Wildman–Crippen MR) is 92.2 cm³/mol. The van der Waals surface area contributed by atoms with E-state index in [1.54, 1.807) is 0 Å². The van der Waals surface area contributed by atoms with E-state index in [-0.39, 0.29) is 18.1 Å². The normalized spacial score (nSPS) is 28.2. The minimum atomic E-state index is -5.08. The van der Waals surface area contributed by atoms with Crippen LogP contribution >= 0.6 is 0 Å². The molecule has 27 heavy (non-hydrogen) atoms. The number of fused-ring (bicyclic) bond motifs is 2. The topological polar surface area (TPSA) is 70.1 Å². The first kappa shape index (κ1) is 21.9. The smallest absolute Gasteiger partial charge is 0.475 e. The first-order valence-corrected chi connectivity index (χ1v) is 9.54. The first-order valence-electron chi connectivity index (χ1n) is 9.54. The van der Waals surface area contributed by atoms with Gasteiger partial charge in [0.05, 0.1) is 18.1 Å². The lowest BCUT2D eigenvalue weighted by molar-refractivity contribution is -0.192.